The molecule has 0 spiro atoms. The minimum atomic E-state index is -3.46. The Morgan fingerprint density at radius 3 is 2.81 bits per heavy atom. The van der Waals surface area contributed by atoms with E-state index in [1.54, 1.807) is 18.5 Å². The van der Waals surface area contributed by atoms with Gasteiger partial charge in [-0.15, -0.1) is 0 Å². The predicted molar refractivity (Wildman–Crippen MR) is 138 cm³/mol. The summed E-state index contributed by atoms with van der Waals surface area (Å²) in [5.74, 6) is 2.11. The zero-order valence-corrected chi connectivity index (χ0v) is 21.3. The first kappa shape index (κ1) is 23.8. The van der Waals surface area contributed by atoms with Gasteiger partial charge in [-0.25, -0.2) is 23.4 Å². The molecule has 3 N–H and O–H groups in total. The highest BCUT2D eigenvalue weighted by Gasteiger charge is 2.37. The van der Waals surface area contributed by atoms with Crippen molar-refractivity contribution >= 4 is 38.4 Å². The smallest absolute Gasteiger partial charge is 0.256 e. The van der Waals surface area contributed by atoms with Crippen molar-refractivity contribution < 1.29 is 13.5 Å². The van der Waals surface area contributed by atoms with Crippen LogP contribution < -0.4 is 15.5 Å². The number of anilines is 3. The van der Waals surface area contributed by atoms with Crippen LogP contribution in [0.1, 0.15) is 39.2 Å². The molecule has 0 radical (unpaired) electrons. The summed E-state index contributed by atoms with van der Waals surface area (Å²) < 4.78 is 27.9. The molecule has 4 aromatic rings. The lowest BCUT2D eigenvalue weighted by atomic mass is 10.2. The Balaban J connectivity index is 1.30. The fourth-order valence-corrected chi connectivity index (χ4v) is 5.83. The van der Waals surface area contributed by atoms with Crippen LogP contribution in [-0.4, -0.2) is 72.1 Å². The van der Waals surface area contributed by atoms with Crippen LogP contribution >= 0.6 is 0 Å². The van der Waals surface area contributed by atoms with Gasteiger partial charge in [-0.3, -0.25) is 10.00 Å². The zero-order chi connectivity index (χ0) is 25.7. The number of aliphatic hydroxyl groups is 1. The molecule has 0 aromatic carbocycles. The van der Waals surface area contributed by atoms with Crippen molar-refractivity contribution in [1.82, 2.24) is 39.2 Å². The van der Waals surface area contributed by atoms with Crippen molar-refractivity contribution in [3.63, 3.8) is 0 Å². The van der Waals surface area contributed by atoms with Crippen LogP contribution in [0.5, 0.6) is 0 Å². The number of pyridine rings is 1. The van der Waals surface area contributed by atoms with Gasteiger partial charge in [0.15, 0.2) is 18.0 Å². The average Bonchev–Trinajstić information content (AvgIpc) is 3.31. The van der Waals surface area contributed by atoms with Crippen molar-refractivity contribution in [3.05, 3.63) is 36.9 Å². The second-order valence-electron chi connectivity index (χ2n) is 9.37. The van der Waals surface area contributed by atoms with Gasteiger partial charge in [0.05, 0.1) is 34.1 Å². The summed E-state index contributed by atoms with van der Waals surface area (Å²) in [5.41, 5.74) is 1.40. The van der Waals surface area contributed by atoms with E-state index in [4.69, 9.17) is 5.10 Å². The Morgan fingerprint density at radius 2 is 2.08 bits per heavy atom. The number of rotatable bonds is 8. The fraction of sp³-hybridized carbons (Fsp3) is 0.435. The molecule has 2 unspecified atom stereocenters. The molecule has 2 atom stereocenters. The lowest BCUT2D eigenvalue weighted by Gasteiger charge is -2.19. The molecular formula is C23H28N10O3S. The van der Waals surface area contributed by atoms with Gasteiger partial charge < -0.3 is 15.3 Å². The third kappa shape index (κ3) is 4.30. The standard InChI is InChI=1S/C23H28N10O3S/c1-3-14(2)33-18-10-20(26-12-17(18)22(30-33)31-9-8-25-23(31)34)28-19-6-7-24-21(29-19)15-11-27-32(13-15)37(35,36)16-4-5-16/h6-7,10-14,16,23,25,34H,3-5,8-9H2,1-2H3,(H,24,26,28,29). The molecule has 1 aliphatic carbocycles. The number of nitrogens with zero attached hydrogens (tertiary/aromatic N) is 8. The number of fused-ring (bicyclic) bond motifs is 1. The minimum Gasteiger partial charge on any atom is -0.361 e. The summed E-state index contributed by atoms with van der Waals surface area (Å²) in [6.45, 7) is 5.52. The molecule has 5 heterocycles. The second kappa shape index (κ2) is 9.04. The molecule has 1 saturated carbocycles. The van der Waals surface area contributed by atoms with E-state index in [2.05, 4.69) is 44.5 Å². The number of aliphatic hydroxyl groups excluding tert-OH is 1. The SMILES string of the molecule is CCC(C)n1nc(N2CCNC2O)c2cnc(Nc3ccnc(-c4cnn(S(=O)(=O)C5CC5)c4)n3)cc21. The van der Waals surface area contributed by atoms with E-state index >= 15 is 0 Å². The van der Waals surface area contributed by atoms with E-state index in [1.165, 1.54) is 12.4 Å². The van der Waals surface area contributed by atoms with Crippen LogP contribution in [0.15, 0.2) is 36.9 Å². The van der Waals surface area contributed by atoms with Gasteiger partial charge >= 0.3 is 0 Å². The number of nitrogens with one attached hydrogen (secondary N) is 2. The Hall–Kier alpha value is -3.62. The Labute approximate surface area is 213 Å². The minimum absolute atomic E-state index is 0.147. The highest BCUT2D eigenvalue weighted by molar-refractivity contribution is 7.90. The van der Waals surface area contributed by atoms with E-state index in [0.29, 0.717) is 54.8 Å². The largest absolute Gasteiger partial charge is 0.361 e. The molecule has 194 valence electrons. The van der Waals surface area contributed by atoms with Crippen molar-refractivity contribution in [2.24, 2.45) is 0 Å². The monoisotopic (exact) mass is 524 g/mol. The van der Waals surface area contributed by atoms with Gasteiger partial charge in [-0.05, 0) is 32.3 Å². The topological polar surface area (TPSA) is 156 Å². The summed E-state index contributed by atoms with van der Waals surface area (Å²) in [6, 6.07) is 3.77. The third-order valence-electron chi connectivity index (χ3n) is 6.76. The first-order chi connectivity index (χ1) is 17.8. The lowest BCUT2D eigenvalue weighted by molar-refractivity contribution is 0.162. The van der Waals surface area contributed by atoms with Crippen molar-refractivity contribution in [2.45, 2.75) is 50.8 Å². The first-order valence-corrected chi connectivity index (χ1v) is 13.8. The summed E-state index contributed by atoms with van der Waals surface area (Å²) >= 11 is 0. The molecule has 4 aromatic heterocycles. The van der Waals surface area contributed by atoms with Crippen molar-refractivity contribution in [3.8, 4) is 11.4 Å². The Bertz CT molecular complexity index is 1560. The molecule has 14 heteroatoms. The van der Waals surface area contributed by atoms with Gasteiger partial charge in [0.25, 0.3) is 10.0 Å². The van der Waals surface area contributed by atoms with Crippen LogP contribution in [0.4, 0.5) is 17.5 Å². The first-order valence-electron chi connectivity index (χ1n) is 12.3. The maximum Gasteiger partial charge on any atom is 0.256 e. The summed E-state index contributed by atoms with van der Waals surface area (Å²) in [5, 5.41) is 25.9. The van der Waals surface area contributed by atoms with Crippen LogP contribution in [0.2, 0.25) is 0 Å². The van der Waals surface area contributed by atoms with E-state index in [0.717, 1.165) is 21.4 Å². The molecule has 6 rings (SSSR count). The maximum atomic E-state index is 12.5. The second-order valence-corrected chi connectivity index (χ2v) is 11.4. The van der Waals surface area contributed by atoms with Crippen molar-refractivity contribution in [1.29, 1.82) is 0 Å². The van der Waals surface area contributed by atoms with Gasteiger partial charge in [-0.1, -0.05) is 6.92 Å². The summed E-state index contributed by atoms with van der Waals surface area (Å²) in [7, 11) is -3.46. The normalized spacial score (nSPS) is 19.0. The van der Waals surface area contributed by atoms with Gasteiger partial charge in [0, 0.05) is 37.6 Å². The van der Waals surface area contributed by atoms with Gasteiger partial charge in [0.1, 0.15) is 11.6 Å². The molecular weight excluding hydrogens is 496 g/mol. The highest BCUT2D eigenvalue weighted by Crippen LogP contribution is 2.32. The van der Waals surface area contributed by atoms with Gasteiger partial charge in [0.2, 0.25) is 0 Å². The zero-order valence-electron chi connectivity index (χ0n) is 20.5. The molecule has 1 aliphatic heterocycles. The quantitative estimate of drug-likeness (QED) is 0.309. The molecule has 37 heavy (non-hydrogen) atoms. The molecule has 0 bridgehead atoms. The van der Waals surface area contributed by atoms with Gasteiger partial charge in [-0.2, -0.15) is 14.3 Å². The van der Waals surface area contributed by atoms with Crippen LogP contribution in [-0.2, 0) is 10.0 Å². The summed E-state index contributed by atoms with van der Waals surface area (Å²) in [4.78, 5) is 15.2. The average molecular weight is 525 g/mol. The van der Waals surface area contributed by atoms with E-state index in [1.807, 2.05) is 15.6 Å². The number of hydrogen-bond donors (Lipinski definition) is 3. The highest BCUT2D eigenvalue weighted by atomic mass is 32.2. The number of aromatic nitrogens is 7. The van der Waals surface area contributed by atoms with E-state index in [9.17, 15) is 13.5 Å². The molecule has 2 fully saturated rings. The molecule has 2 aliphatic rings. The Morgan fingerprint density at radius 1 is 1.24 bits per heavy atom. The summed E-state index contributed by atoms with van der Waals surface area (Å²) in [6.07, 6.45) is 7.68. The van der Waals surface area contributed by atoms with E-state index in [-0.39, 0.29) is 11.3 Å². The maximum absolute atomic E-state index is 12.5. The van der Waals surface area contributed by atoms with Crippen LogP contribution in [0.3, 0.4) is 0 Å². The molecule has 1 saturated heterocycles. The number of hydrogen-bond acceptors (Lipinski definition) is 11. The molecule has 0 amide bonds. The third-order valence-corrected chi connectivity index (χ3v) is 8.80. The Kier molecular flexibility index (Phi) is 5.81. The molecule has 13 nitrogen and oxygen atoms in total. The fourth-order valence-electron chi connectivity index (χ4n) is 4.35. The van der Waals surface area contributed by atoms with Crippen molar-refractivity contribution in [2.75, 3.05) is 23.3 Å². The lowest BCUT2D eigenvalue weighted by Crippen LogP contribution is -2.35. The van der Waals surface area contributed by atoms with Crippen LogP contribution in [0, 0.1) is 0 Å². The predicted octanol–water partition coefficient (Wildman–Crippen LogP) is 1.83. The van der Waals surface area contributed by atoms with E-state index < -0.39 is 16.4 Å². The van der Waals surface area contributed by atoms with Crippen LogP contribution in [0.25, 0.3) is 22.3 Å².